The Morgan fingerprint density at radius 1 is 1.43 bits per heavy atom. The smallest absolute Gasteiger partial charge is 0.307 e. The molecular weight excluding hydrogens is 270 g/mol. The lowest BCUT2D eigenvalue weighted by molar-refractivity contribution is -0.141. The van der Waals surface area contributed by atoms with Gasteiger partial charge in [-0.1, -0.05) is 6.92 Å². The van der Waals surface area contributed by atoms with Gasteiger partial charge in [-0.2, -0.15) is 0 Å². The van der Waals surface area contributed by atoms with E-state index in [2.05, 4.69) is 21.8 Å². The third-order valence-electron chi connectivity index (χ3n) is 3.63. The molecule has 1 aromatic rings. The minimum Gasteiger partial charge on any atom is -0.478 e. The zero-order valence-electron chi connectivity index (χ0n) is 12.7. The predicted octanol–water partition coefficient (Wildman–Crippen LogP) is 2.19. The molecule has 0 amide bonds. The average molecular weight is 293 g/mol. The Hall–Kier alpha value is -1.85. The van der Waals surface area contributed by atoms with Crippen LogP contribution in [0.1, 0.15) is 39.0 Å². The van der Waals surface area contributed by atoms with Crippen LogP contribution in [0.4, 0.5) is 5.82 Å². The Morgan fingerprint density at radius 2 is 2.29 bits per heavy atom. The number of carbonyl (C=O) groups excluding carboxylic acids is 1. The van der Waals surface area contributed by atoms with Gasteiger partial charge in [0.2, 0.25) is 5.88 Å². The molecule has 6 nitrogen and oxygen atoms in total. The third-order valence-corrected chi connectivity index (χ3v) is 3.63. The zero-order chi connectivity index (χ0) is 15.1. The summed E-state index contributed by atoms with van der Waals surface area (Å²) in [6.07, 6.45) is 6.06. The number of hydrogen-bond donors (Lipinski definition) is 0. The van der Waals surface area contributed by atoms with E-state index in [1.807, 2.05) is 6.07 Å². The van der Waals surface area contributed by atoms with E-state index in [4.69, 9.17) is 9.47 Å². The Morgan fingerprint density at radius 3 is 3.05 bits per heavy atom. The Balaban J connectivity index is 2.10. The maximum atomic E-state index is 11.6. The highest BCUT2D eigenvalue weighted by Crippen LogP contribution is 2.26. The quantitative estimate of drug-likeness (QED) is 0.749. The molecule has 0 N–H and O–H groups in total. The molecule has 1 atom stereocenters. The summed E-state index contributed by atoms with van der Waals surface area (Å²) in [6.45, 7) is 3.59. The molecule has 21 heavy (non-hydrogen) atoms. The van der Waals surface area contributed by atoms with Crippen LogP contribution < -0.4 is 9.64 Å². The molecule has 6 heteroatoms. The Kier molecular flexibility index (Phi) is 5.78. The van der Waals surface area contributed by atoms with Crippen molar-refractivity contribution in [2.24, 2.45) is 0 Å². The molecule has 0 saturated carbocycles. The maximum absolute atomic E-state index is 11.6. The Labute approximate surface area is 125 Å². The van der Waals surface area contributed by atoms with Crippen molar-refractivity contribution < 1.29 is 14.3 Å². The normalized spacial score (nSPS) is 18.4. The molecule has 0 aromatic carbocycles. The molecule has 116 valence electrons. The fourth-order valence-electron chi connectivity index (χ4n) is 2.56. The van der Waals surface area contributed by atoms with Crippen LogP contribution in [-0.4, -0.2) is 42.2 Å². The van der Waals surface area contributed by atoms with E-state index in [1.54, 1.807) is 0 Å². The molecule has 1 aromatic heterocycles. The van der Waals surface area contributed by atoms with Crippen LogP contribution in [0.25, 0.3) is 0 Å². The lowest BCUT2D eigenvalue weighted by atomic mass is 9.99. The number of ether oxygens (including phenoxy) is 2. The van der Waals surface area contributed by atoms with Gasteiger partial charge in [-0.25, -0.2) is 9.97 Å². The van der Waals surface area contributed by atoms with Gasteiger partial charge in [0.15, 0.2) is 0 Å². The van der Waals surface area contributed by atoms with Crippen LogP contribution in [-0.2, 0) is 9.53 Å². The predicted molar refractivity (Wildman–Crippen MR) is 79.4 cm³/mol. The largest absolute Gasteiger partial charge is 0.478 e. The number of nitrogens with zero attached hydrogens (tertiary/aromatic N) is 3. The topological polar surface area (TPSA) is 64.5 Å². The van der Waals surface area contributed by atoms with Crippen molar-refractivity contribution in [1.29, 1.82) is 0 Å². The second-order valence-electron chi connectivity index (χ2n) is 5.19. The first-order valence-corrected chi connectivity index (χ1v) is 7.53. The van der Waals surface area contributed by atoms with Crippen LogP contribution >= 0.6 is 0 Å². The number of piperidine rings is 1. The highest BCUT2D eigenvalue weighted by atomic mass is 16.5. The van der Waals surface area contributed by atoms with Crippen LogP contribution in [0, 0.1) is 0 Å². The maximum Gasteiger partial charge on any atom is 0.307 e. The van der Waals surface area contributed by atoms with Crippen LogP contribution in [0.5, 0.6) is 5.88 Å². The lowest BCUT2D eigenvalue weighted by Gasteiger charge is -2.36. The van der Waals surface area contributed by atoms with Crippen molar-refractivity contribution in [3.8, 4) is 5.88 Å². The minimum absolute atomic E-state index is 0.139. The minimum atomic E-state index is -0.177. The summed E-state index contributed by atoms with van der Waals surface area (Å²) in [5.41, 5.74) is 0. The number of methoxy groups -OCH3 is 1. The average Bonchev–Trinajstić information content (AvgIpc) is 2.53. The highest BCUT2D eigenvalue weighted by Gasteiger charge is 2.26. The summed E-state index contributed by atoms with van der Waals surface area (Å²) >= 11 is 0. The molecule has 1 unspecified atom stereocenters. The number of anilines is 1. The molecule has 2 rings (SSSR count). The summed E-state index contributed by atoms with van der Waals surface area (Å²) in [6, 6.07) is 1.99. The van der Waals surface area contributed by atoms with Gasteiger partial charge in [0.25, 0.3) is 0 Å². The molecule has 1 aliphatic rings. The van der Waals surface area contributed by atoms with E-state index in [-0.39, 0.29) is 12.0 Å². The fraction of sp³-hybridized carbons (Fsp3) is 0.667. The van der Waals surface area contributed by atoms with Crippen molar-refractivity contribution in [3.05, 3.63) is 12.4 Å². The molecular formula is C15H23N3O3. The van der Waals surface area contributed by atoms with E-state index in [1.165, 1.54) is 13.4 Å². The van der Waals surface area contributed by atoms with Gasteiger partial charge in [0.05, 0.1) is 20.1 Å². The molecule has 0 radical (unpaired) electrons. The van der Waals surface area contributed by atoms with Crippen LogP contribution in [0.2, 0.25) is 0 Å². The number of esters is 1. The first kappa shape index (κ1) is 15.5. The number of hydrogen-bond acceptors (Lipinski definition) is 6. The molecule has 0 bridgehead atoms. The summed E-state index contributed by atoms with van der Waals surface area (Å²) < 4.78 is 10.3. The summed E-state index contributed by atoms with van der Waals surface area (Å²) in [7, 11) is 1.43. The zero-order valence-corrected chi connectivity index (χ0v) is 12.7. The van der Waals surface area contributed by atoms with Crippen molar-refractivity contribution in [2.45, 2.75) is 45.1 Å². The van der Waals surface area contributed by atoms with E-state index < -0.39 is 0 Å². The number of rotatable bonds is 6. The molecule has 1 saturated heterocycles. The fourth-order valence-corrected chi connectivity index (χ4v) is 2.56. The summed E-state index contributed by atoms with van der Waals surface area (Å²) in [5, 5.41) is 0. The van der Waals surface area contributed by atoms with Crippen molar-refractivity contribution >= 4 is 11.8 Å². The molecule has 2 heterocycles. The monoisotopic (exact) mass is 293 g/mol. The van der Waals surface area contributed by atoms with E-state index >= 15 is 0 Å². The van der Waals surface area contributed by atoms with Gasteiger partial charge in [-0.05, 0) is 25.7 Å². The lowest BCUT2D eigenvalue weighted by Crippen LogP contribution is -2.41. The van der Waals surface area contributed by atoms with Gasteiger partial charge in [0.1, 0.15) is 12.1 Å². The SMILES string of the molecule is CCCOc1cc(N2CCCCC2CC(=O)OC)ncn1. The first-order chi connectivity index (χ1) is 10.2. The second-order valence-corrected chi connectivity index (χ2v) is 5.19. The van der Waals surface area contributed by atoms with Gasteiger partial charge in [0, 0.05) is 18.7 Å². The first-order valence-electron chi connectivity index (χ1n) is 7.53. The van der Waals surface area contributed by atoms with E-state index in [9.17, 15) is 4.79 Å². The number of aromatic nitrogens is 2. The van der Waals surface area contributed by atoms with Gasteiger partial charge < -0.3 is 14.4 Å². The molecule has 0 spiro atoms. The van der Waals surface area contributed by atoms with Crippen LogP contribution in [0.15, 0.2) is 12.4 Å². The second kappa shape index (κ2) is 7.81. The van der Waals surface area contributed by atoms with Crippen molar-refractivity contribution in [2.75, 3.05) is 25.2 Å². The third kappa shape index (κ3) is 4.31. The number of carbonyl (C=O) groups is 1. The van der Waals surface area contributed by atoms with Crippen LogP contribution in [0.3, 0.4) is 0 Å². The summed E-state index contributed by atoms with van der Waals surface area (Å²) in [5.74, 6) is 1.23. The Bertz CT molecular complexity index is 467. The summed E-state index contributed by atoms with van der Waals surface area (Å²) in [4.78, 5) is 22.2. The molecule has 0 aliphatic carbocycles. The van der Waals surface area contributed by atoms with Gasteiger partial charge >= 0.3 is 5.97 Å². The van der Waals surface area contributed by atoms with Gasteiger partial charge in [-0.3, -0.25) is 4.79 Å². The van der Waals surface area contributed by atoms with Crippen molar-refractivity contribution in [1.82, 2.24) is 9.97 Å². The van der Waals surface area contributed by atoms with E-state index in [0.29, 0.717) is 18.9 Å². The molecule has 1 fully saturated rings. The highest BCUT2D eigenvalue weighted by molar-refractivity contribution is 5.70. The van der Waals surface area contributed by atoms with E-state index in [0.717, 1.165) is 38.0 Å². The standard InChI is InChI=1S/C15H23N3O3/c1-3-8-21-14-10-13(16-11-17-14)18-7-5-4-6-12(18)9-15(19)20-2/h10-12H,3-9H2,1-2H3. The van der Waals surface area contributed by atoms with Crippen molar-refractivity contribution in [3.63, 3.8) is 0 Å². The van der Waals surface area contributed by atoms with Gasteiger partial charge in [-0.15, -0.1) is 0 Å². The molecule has 1 aliphatic heterocycles.